The minimum Gasteiger partial charge on any atom is -0.457 e. The van der Waals surface area contributed by atoms with Crippen LogP contribution in [0, 0.1) is 0 Å². The van der Waals surface area contributed by atoms with Crippen LogP contribution in [0.3, 0.4) is 0 Å². The van der Waals surface area contributed by atoms with Gasteiger partial charge in [0.2, 0.25) is 0 Å². The lowest BCUT2D eigenvalue weighted by Crippen LogP contribution is -2.26. The third-order valence-corrected chi connectivity index (χ3v) is 3.03. The van der Waals surface area contributed by atoms with Crippen LogP contribution in [0.4, 0.5) is 0 Å². The summed E-state index contributed by atoms with van der Waals surface area (Å²) in [7, 11) is 0. The first-order chi connectivity index (χ1) is 9.24. The molecule has 0 aliphatic carbocycles. The van der Waals surface area contributed by atoms with Crippen molar-refractivity contribution in [2.75, 3.05) is 0 Å². The average Bonchev–Trinajstić information content (AvgIpc) is 2.46. The monoisotopic (exact) mass is 250 g/mol. The Bertz CT molecular complexity index is 666. The van der Waals surface area contributed by atoms with E-state index in [2.05, 4.69) is 32.2 Å². The molecule has 0 aliphatic heterocycles. The fourth-order valence-electron chi connectivity index (χ4n) is 1.89. The molecule has 0 saturated carbocycles. The second-order valence-electron chi connectivity index (χ2n) is 4.33. The normalized spacial score (nSPS) is 11.8. The Morgan fingerprint density at radius 1 is 1.11 bits per heavy atom. The summed E-state index contributed by atoms with van der Waals surface area (Å²) in [5.74, 6) is 1.55. The van der Waals surface area contributed by atoms with E-state index in [1.165, 1.54) is 5.56 Å². The van der Waals surface area contributed by atoms with Gasteiger partial charge in [0.1, 0.15) is 11.5 Å². The predicted octanol–water partition coefficient (Wildman–Crippen LogP) is 3.03. The number of rotatable bonds is 4. The van der Waals surface area contributed by atoms with Crippen molar-refractivity contribution in [3.63, 3.8) is 0 Å². The zero-order chi connectivity index (χ0) is 13.7. The van der Waals surface area contributed by atoms with Crippen LogP contribution in [-0.2, 0) is 6.42 Å². The van der Waals surface area contributed by atoms with Gasteiger partial charge in [0.05, 0.1) is 0 Å². The standard InChI is InChI=1S/C18H18O/c1-4-15-10-12-16(13-11-15)19-18(5-2)17-9-7-6-8-14(17)3/h5-13H,2-4H2,1H3/b18-17+. The van der Waals surface area contributed by atoms with Gasteiger partial charge in [0.15, 0.2) is 0 Å². The highest BCUT2D eigenvalue weighted by atomic mass is 16.5. The van der Waals surface area contributed by atoms with Gasteiger partial charge >= 0.3 is 0 Å². The van der Waals surface area contributed by atoms with Gasteiger partial charge in [-0.15, -0.1) is 0 Å². The summed E-state index contributed by atoms with van der Waals surface area (Å²) < 4.78 is 5.89. The topological polar surface area (TPSA) is 9.23 Å². The third kappa shape index (κ3) is 3.14. The molecule has 2 aromatic rings. The van der Waals surface area contributed by atoms with Crippen molar-refractivity contribution in [2.45, 2.75) is 13.3 Å². The Hall–Kier alpha value is -2.28. The molecule has 19 heavy (non-hydrogen) atoms. The first-order valence-electron chi connectivity index (χ1n) is 6.42. The van der Waals surface area contributed by atoms with Crippen molar-refractivity contribution in [3.8, 4) is 5.75 Å². The van der Waals surface area contributed by atoms with Gasteiger partial charge in [-0.05, 0) is 35.4 Å². The number of ether oxygens (including phenoxy) is 1. The molecule has 0 amide bonds. The zero-order valence-corrected chi connectivity index (χ0v) is 11.2. The molecule has 0 spiro atoms. The molecular weight excluding hydrogens is 232 g/mol. The first kappa shape index (κ1) is 13.2. The van der Waals surface area contributed by atoms with Crippen LogP contribution >= 0.6 is 0 Å². The molecule has 0 N–H and O–H groups in total. The van der Waals surface area contributed by atoms with E-state index in [1.807, 2.05) is 36.4 Å². The Morgan fingerprint density at radius 3 is 2.37 bits per heavy atom. The second-order valence-corrected chi connectivity index (χ2v) is 4.33. The van der Waals surface area contributed by atoms with E-state index in [1.54, 1.807) is 6.08 Å². The molecule has 0 heterocycles. The number of hydrogen-bond donors (Lipinski definition) is 0. The predicted molar refractivity (Wildman–Crippen MR) is 81.3 cm³/mol. The Morgan fingerprint density at radius 2 is 1.79 bits per heavy atom. The van der Waals surface area contributed by atoms with Crippen LogP contribution in [0.5, 0.6) is 5.75 Å². The summed E-state index contributed by atoms with van der Waals surface area (Å²) in [6, 6.07) is 16.0. The summed E-state index contributed by atoms with van der Waals surface area (Å²) in [5.41, 5.74) is 1.30. The number of hydrogen-bond acceptors (Lipinski definition) is 1. The maximum atomic E-state index is 5.89. The lowest BCUT2D eigenvalue weighted by atomic mass is 10.2. The molecule has 0 bridgehead atoms. The van der Waals surface area contributed by atoms with E-state index < -0.39 is 0 Å². The maximum absolute atomic E-state index is 5.89. The van der Waals surface area contributed by atoms with Gasteiger partial charge in [-0.25, -0.2) is 0 Å². The summed E-state index contributed by atoms with van der Waals surface area (Å²) in [5, 5.41) is 1.90. The van der Waals surface area contributed by atoms with Crippen LogP contribution in [0.1, 0.15) is 12.5 Å². The van der Waals surface area contributed by atoms with Gasteiger partial charge in [-0.3, -0.25) is 0 Å². The molecule has 0 aliphatic rings. The molecule has 2 rings (SSSR count). The Labute approximate surface area is 114 Å². The van der Waals surface area contributed by atoms with Gasteiger partial charge < -0.3 is 4.74 Å². The minimum absolute atomic E-state index is 0.731. The second kappa shape index (κ2) is 6.05. The van der Waals surface area contributed by atoms with Crippen LogP contribution in [0.2, 0.25) is 0 Å². The SMILES string of the molecule is C=C/C(Oc1ccc(CC)cc1)=c1/ccccc1=C. The largest absolute Gasteiger partial charge is 0.457 e. The highest BCUT2D eigenvalue weighted by molar-refractivity contribution is 5.52. The molecule has 0 unspecified atom stereocenters. The van der Waals surface area contributed by atoms with E-state index >= 15 is 0 Å². The van der Waals surface area contributed by atoms with Crippen molar-refractivity contribution in [1.29, 1.82) is 0 Å². The first-order valence-corrected chi connectivity index (χ1v) is 6.42. The molecule has 0 atom stereocenters. The van der Waals surface area contributed by atoms with Crippen molar-refractivity contribution < 1.29 is 4.74 Å². The van der Waals surface area contributed by atoms with Crippen LogP contribution in [0.15, 0.2) is 61.2 Å². The minimum atomic E-state index is 0.731. The fraction of sp³-hybridized carbons (Fsp3) is 0.111. The lowest BCUT2D eigenvalue weighted by molar-refractivity contribution is 0.514. The van der Waals surface area contributed by atoms with Gasteiger partial charge in [-0.2, -0.15) is 0 Å². The summed E-state index contributed by atoms with van der Waals surface area (Å²) in [6.07, 6.45) is 2.75. The smallest absolute Gasteiger partial charge is 0.134 e. The van der Waals surface area contributed by atoms with E-state index in [-0.39, 0.29) is 0 Å². The summed E-state index contributed by atoms with van der Waals surface area (Å²) >= 11 is 0. The van der Waals surface area contributed by atoms with Gasteiger partial charge in [-0.1, -0.05) is 56.5 Å². The van der Waals surface area contributed by atoms with Gasteiger partial charge in [0.25, 0.3) is 0 Å². The van der Waals surface area contributed by atoms with Crippen molar-refractivity contribution in [1.82, 2.24) is 0 Å². The Balaban J connectivity index is 2.39. The van der Waals surface area contributed by atoms with E-state index in [9.17, 15) is 0 Å². The molecule has 0 radical (unpaired) electrons. The molecule has 0 saturated heterocycles. The zero-order valence-electron chi connectivity index (χ0n) is 11.2. The number of aryl methyl sites for hydroxylation is 1. The van der Waals surface area contributed by atoms with Crippen molar-refractivity contribution in [2.24, 2.45) is 0 Å². The Kier molecular flexibility index (Phi) is 4.19. The van der Waals surface area contributed by atoms with Crippen LogP contribution in [0.25, 0.3) is 12.3 Å². The maximum Gasteiger partial charge on any atom is 0.134 e. The quantitative estimate of drug-likeness (QED) is 0.810. The van der Waals surface area contributed by atoms with Crippen LogP contribution < -0.4 is 15.2 Å². The highest BCUT2D eigenvalue weighted by Gasteiger charge is 1.99. The highest BCUT2D eigenvalue weighted by Crippen LogP contribution is 2.15. The molecule has 1 nitrogen and oxygen atoms in total. The van der Waals surface area contributed by atoms with Crippen molar-refractivity contribution in [3.05, 3.63) is 77.2 Å². The van der Waals surface area contributed by atoms with Gasteiger partial charge in [0, 0.05) is 5.22 Å². The molecule has 96 valence electrons. The molecule has 0 fully saturated rings. The van der Waals surface area contributed by atoms with E-state index in [0.29, 0.717) is 0 Å². The van der Waals surface area contributed by atoms with E-state index in [4.69, 9.17) is 4.74 Å². The van der Waals surface area contributed by atoms with Crippen molar-refractivity contribution >= 4 is 12.3 Å². The molecule has 0 aromatic heterocycles. The summed E-state index contributed by atoms with van der Waals surface area (Å²) in [6.45, 7) is 9.96. The number of benzene rings is 2. The molecule has 2 aromatic carbocycles. The van der Waals surface area contributed by atoms with E-state index in [0.717, 1.165) is 28.4 Å². The van der Waals surface area contributed by atoms with Crippen LogP contribution in [-0.4, -0.2) is 0 Å². The fourth-order valence-corrected chi connectivity index (χ4v) is 1.89. The molecule has 1 heteroatoms. The molecular formula is C18H18O. The average molecular weight is 250 g/mol. The summed E-state index contributed by atoms with van der Waals surface area (Å²) in [4.78, 5) is 0. The third-order valence-electron chi connectivity index (χ3n) is 3.03. The lowest BCUT2D eigenvalue weighted by Gasteiger charge is -2.07.